The molecule has 0 aromatic carbocycles. The van der Waals surface area contributed by atoms with Crippen LogP contribution in [-0.4, -0.2) is 10.9 Å². The Morgan fingerprint density at radius 1 is 1.11 bits per heavy atom. The molecule has 0 unspecified atom stereocenters. The molecule has 3 nitrogen and oxygen atoms in total. The predicted octanol–water partition coefficient (Wildman–Crippen LogP) is 3.87. The molecule has 0 saturated heterocycles. The Labute approximate surface area is 110 Å². The topological polar surface area (TPSA) is 42.0 Å². The molecule has 1 amide bonds. The molecular weight excluding hydrogens is 224 g/mol. The third kappa shape index (κ3) is 4.86. The van der Waals surface area contributed by atoms with Gasteiger partial charge in [0, 0.05) is 23.5 Å². The summed E-state index contributed by atoms with van der Waals surface area (Å²) in [6, 6.07) is 3.61. The molecule has 0 aliphatic carbocycles. The predicted molar refractivity (Wildman–Crippen MR) is 75.3 cm³/mol. The zero-order valence-electron chi connectivity index (χ0n) is 12.1. The van der Waals surface area contributed by atoms with Gasteiger partial charge in [-0.2, -0.15) is 0 Å². The second-order valence-electron chi connectivity index (χ2n) is 6.63. The summed E-state index contributed by atoms with van der Waals surface area (Å²) in [5.41, 5.74) is 0.712. The van der Waals surface area contributed by atoms with E-state index in [-0.39, 0.29) is 16.7 Å². The number of nitrogens with zero attached hydrogens (tertiary/aromatic N) is 1. The lowest BCUT2D eigenvalue weighted by Crippen LogP contribution is -2.31. The first kappa shape index (κ1) is 14.7. The fourth-order valence-electron chi connectivity index (χ4n) is 1.54. The van der Waals surface area contributed by atoms with Crippen molar-refractivity contribution in [3.8, 4) is 0 Å². The molecule has 1 rings (SSSR count). The van der Waals surface area contributed by atoms with Gasteiger partial charge in [0.05, 0.1) is 0 Å². The Bertz CT molecular complexity index is 391. The zero-order chi connectivity index (χ0) is 13.8. The van der Waals surface area contributed by atoms with Gasteiger partial charge in [0.2, 0.25) is 5.91 Å². The number of carbonyl (C=O) groups is 1. The highest BCUT2D eigenvalue weighted by Crippen LogP contribution is 2.31. The van der Waals surface area contributed by atoms with Crippen molar-refractivity contribution < 1.29 is 4.79 Å². The molecule has 0 aliphatic rings. The minimum atomic E-state index is -0.351. The zero-order valence-corrected chi connectivity index (χ0v) is 12.1. The van der Waals surface area contributed by atoms with Gasteiger partial charge in [-0.25, -0.2) is 0 Å². The third-order valence-electron chi connectivity index (χ3n) is 3.05. The minimum Gasteiger partial charge on any atom is -0.326 e. The number of anilines is 1. The van der Waals surface area contributed by atoms with Crippen molar-refractivity contribution in [3.05, 3.63) is 24.5 Å². The lowest BCUT2D eigenvalue weighted by molar-refractivity contribution is -0.124. The van der Waals surface area contributed by atoms with E-state index in [9.17, 15) is 4.79 Å². The first-order valence-electron chi connectivity index (χ1n) is 6.42. The van der Waals surface area contributed by atoms with Crippen LogP contribution in [0.15, 0.2) is 24.5 Å². The highest BCUT2D eigenvalue weighted by Gasteiger charge is 2.29. The molecular formula is C15H24N2O. The minimum absolute atomic E-state index is 0.0675. The van der Waals surface area contributed by atoms with Crippen molar-refractivity contribution in [3.63, 3.8) is 0 Å². The number of pyridine rings is 1. The van der Waals surface area contributed by atoms with Crippen molar-refractivity contribution >= 4 is 11.6 Å². The van der Waals surface area contributed by atoms with Gasteiger partial charge in [0.1, 0.15) is 0 Å². The molecule has 3 heteroatoms. The Hall–Kier alpha value is -1.38. The number of aromatic nitrogens is 1. The maximum Gasteiger partial charge on any atom is 0.230 e. The van der Waals surface area contributed by atoms with Crippen LogP contribution < -0.4 is 5.32 Å². The second-order valence-corrected chi connectivity index (χ2v) is 6.63. The number of hydrogen-bond acceptors (Lipinski definition) is 2. The Morgan fingerprint density at radius 3 is 2.17 bits per heavy atom. The maximum absolute atomic E-state index is 12.2. The summed E-state index contributed by atoms with van der Waals surface area (Å²) < 4.78 is 0. The lowest BCUT2D eigenvalue weighted by Gasteiger charge is -2.27. The number of amides is 1. The quantitative estimate of drug-likeness (QED) is 0.878. The summed E-state index contributed by atoms with van der Waals surface area (Å²) in [5.74, 6) is 0.0675. The van der Waals surface area contributed by atoms with Crippen molar-refractivity contribution in [2.75, 3.05) is 5.32 Å². The first-order chi connectivity index (χ1) is 8.21. The molecule has 0 bridgehead atoms. The Balaban J connectivity index is 2.59. The summed E-state index contributed by atoms with van der Waals surface area (Å²) in [4.78, 5) is 16.2. The van der Waals surface area contributed by atoms with Gasteiger partial charge in [0.25, 0.3) is 0 Å². The van der Waals surface area contributed by atoms with Crippen molar-refractivity contribution in [1.29, 1.82) is 0 Å². The van der Waals surface area contributed by atoms with Crippen LogP contribution in [0.4, 0.5) is 5.69 Å². The molecule has 0 radical (unpaired) electrons. The number of nitrogens with one attached hydrogen (secondary N) is 1. The van der Waals surface area contributed by atoms with Crippen LogP contribution in [0.25, 0.3) is 0 Å². The average Bonchev–Trinajstić information content (AvgIpc) is 2.27. The fourth-order valence-corrected chi connectivity index (χ4v) is 1.54. The van der Waals surface area contributed by atoms with E-state index in [2.05, 4.69) is 31.1 Å². The van der Waals surface area contributed by atoms with E-state index in [0.29, 0.717) is 0 Å². The fraction of sp³-hybridized carbons (Fsp3) is 0.600. The summed E-state index contributed by atoms with van der Waals surface area (Å²) in [5, 5.41) is 2.94. The standard InChI is InChI=1S/C15H24N2O/c1-14(2,3)8-9-15(4,5)13(18)17-12-6-10-16-11-7-12/h6-7,10-11H,8-9H2,1-5H3,(H,16,17,18). The summed E-state index contributed by atoms with van der Waals surface area (Å²) >= 11 is 0. The van der Waals surface area contributed by atoms with E-state index < -0.39 is 0 Å². The summed E-state index contributed by atoms with van der Waals surface area (Å²) in [6.45, 7) is 10.6. The lowest BCUT2D eigenvalue weighted by atomic mass is 9.79. The van der Waals surface area contributed by atoms with E-state index in [1.54, 1.807) is 24.5 Å². The Kier molecular flexibility index (Phi) is 4.49. The van der Waals surface area contributed by atoms with E-state index in [4.69, 9.17) is 0 Å². The molecule has 1 aromatic rings. The third-order valence-corrected chi connectivity index (χ3v) is 3.05. The van der Waals surface area contributed by atoms with Crippen LogP contribution in [-0.2, 0) is 4.79 Å². The van der Waals surface area contributed by atoms with Gasteiger partial charge < -0.3 is 5.32 Å². The van der Waals surface area contributed by atoms with Crippen LogP contribution in [0.3, 0.4) is 0 Å². The molecule has 0 spiro atoms. The van der Waals surface area contributed by atoms with Gasteiger partial charge in [-0.15, -0.1) is 0 Å². The highest BCUT2D eigenvalue weighted by atomic mass is 16.2. The Morgan fingerprint density at radius 2 is 1.67 bits per heavy atom. The highest BCUT2D eigenvalue weighted by molar-refractivity contribution is 5.94. The molecule has 100 valence electrons. The molecule has 1 N–H and O–H groups in total. The van der Waals surface area contributed by atoms with E-state index >= 15 is 0 Å². The van der Waals surface area contributed by atoms with Gasteiger partial charge in [-0.3, -0.25) is 9.78 Å². The molecule has 1 aromatic heterocycles. The molecule has 1 heterocycles. The van der Waals surface area contributed by atoms with Crippen LogP contribution in [0.1, 0.15) is 47.5 Å². The van der Waals surface area contributed by atoms with Gasteiger partial charge >= 0.3 is 0 Å². The van der Waals surface area contributed by atoms with E-state index in [0.717, 1.165) is 18.5 Å². The summed E-state index contributed by atoms with van der Waals surface area (Å²) in [7, 11) is 0. The van der Waals surface area contributed by atoms with Crippen molar-refractivity contribution in [2.24, 2.45) is 10.8 Å². The number of rotatable bonds is 4. The monoisotopic (exact) mass is 248 g/mol. The maximum atomic E-state index is 12.2. The molecule has 18 heavy (non-hydrogen) atoms. The van der Waals surface area contributed by atoms with Crippen molar-refractivity contribution in [2.45, 2.75) is 47.5 Å². The molecule has 0 aliphatic heterocycles. The SMILES string of the molecule is CC(C)(C)CCC(C)(C)C(=O)Nc1ccncc1. The van der Waals surface area contributed by atoms with Crippen LogP contribution >= 0.6 is 0 Å². The first-order valence-corrected chi connectivity index (χ1v) is 6.42. The van der Waals surface area contributed by atoms with E-state index in [1.165, 1.54) is 0 Å². The normalized spacial score (nSPS) is 12.3. The summed E-state index contributed by atoms with van der Waals surface area (Å²) in [6.07, 6.45) is 5.27. The van der Waals surface area contributed by atoms with Gasteiger partial charge in [-0.05, 0) is 30.4 Å². The van der Waals surface area contributed by atoms with Gasteiger partial charge in [0.15, 0.2) is 0 Å². The largest absolute Gasteiger partial charge is 0.326 e. The molecule has 0 fully saturated rings. The second kappa shape index (κ2) is 5.51. The molecule has 0 saturated carbocycles. The smallest absolute Gasteiger partial charge is 0.230 e. The van der Waals surface area contributed by atoms with Crippen LogP contribution in [0.2, 0.25) is 0 Å². The number of hydrogen-bond donors (Lipinski definition) is 1. The van der Waals surface area contributed by atoms with Crippen molar-refractivity contribution in [1.82, 2.24) is 4.98 Å². The molecule has 0 atom stereocenters. The average molecular weight is 248 g/mol. The van der Waals surface area contributed by atoms with Crippen LogP contribution in [0.5, 0.6) is 0 Å². The van der Waals surface area contributed by atoms with Crippen LogP contribution in [0, 0.1) is 10.8 Å². The number of carbonyl (C=O) groups excluding carboxylic acids is 1. The van der Waals surface area contributed by atoms with Gasteiger partial charge in [-0.1, -0.05) is 34.6 Å². The van der Waals surface area contributed by atoms with E-state index in [1.807, 2.05) is 13.8 Å².